The number of aromatic amines is 1. The lowest BCUT2D eigenvalue weighted by atomic mass is 10.1. The van der Waals surface area contributed by atoms with E-state index in [9.17, 15) is 43.2 Å². The van der Waals surface area contributed by atoms with Crippen LogP contribution in [0.1, 0.15) is 28.6 Å². The third-order valence-corrected chi connectivity index (χ3v) is 9.65. The van der Waals surface area contributed by atoms with E-state index in [0.717, 1.165) is 24.5 Å². The Hall–Kier alpha value is -4.08. The van der Waals surface area contributed by atoms with E-state index in [1.54, 1.807) is 0 Å². The van der Waals surface area contributed by atoms with Crippen LogP contribution in [0.4, 0.5) is 11.6 Å². The number of hydrogen-bond donors (Lipinski definition) is 6. The number of nitrogens with two attached hydrogens (primary N) is 1. The Kier molecular flexibility index (Phi) is 10.1. The quantitative estimate of drug-likeness (QED) is 0.0276. The molecule has 1 aliphatic heterocycles. The second-order valence-electron chi connectivity index (χ2n) is 8.96. The van der Waals surface area contributed by atoms with E-state index in [1.807, 2.05) is 0 Å². The highest BCUT2D eigenvalue weighted by atomic mass is 31.3. The molecule has 4 rings (SSSR count). The van der Waals surface area contributed by atoms with E-state index >= 15 is 0 Å². The fourth-order valence-corrected chi connectivity index (χ4v) is 7.11. The number of carbonyl (C=O) groups is 1. The second-order valence-corrected chi connectivity index (χ2v) is 13.4. The Balaban J connectivity index is 1.64. The summed E-state index contributed by atoms with van der Waals surface area (Å²) in [5.41, 5.74) is 12.4. The lowest BCUT2D eigenvalue weighted by Gasteiger charge is -2.21. The van der Waals surface area contributed by atoms with Gasteiger partial charge in [-0.2, -0.15) is 13.6 Å². The third-order valence-electron chi connectivity index (χ3n) is 5.85. The van der Waals surface area contributed by atoms with Gasteiger partial charge in [-0.25, -0.2) is 23.5 Å². The molecule has 1 fully saturated rings. The Morgan fingerprint density at radius 2 is 1.98 bits per heavy atom. The predicted molar refractivity (Wildman–Crippen MR) is 146 cm³/mol. The van der Waals surface area contributed by atoms with Gasteiger partial charge in [-0.1, -0.05) is 11.2 Å². The van der Waals surface area contributed by atoms with E-state index < -0.39 is 82.8 Å². The number of azide groups is 1. The van der Waals surface area contributed by atoms with Gasteiger partial charge in [0, 0.05) is 23.5 Å². The van der Waals surface area contributed by atoms with Crippen LogP contribution in [0.15, 0.2) is 34.4 Å². The molecular formula is C18H20N9O16P3. The van der Waals surface area contributed by atoms with Crippen LogP contribution >= 0.6 is 23.5 Å². The van der Waals surface area contributed by atoms with Crippen molar-refractivity contribution in [3.8, 4) is 0 Å². The Morgan fingerprint density at radius 1 is 1.26 bits per heavy atom. The number of phosphoric ester groups is 1. The van der Waals surface area contributed by atoms with Crippen LogP contribution in [0, 0.1) is 10.1 Å². The number of aromatic nitrogens is 4. The van der Waals surface area contributed by atoms with Crippen molar-refractivity contribution in [2.24, 2.45) is 5.11 Å². The normalized spacial score (nSPS) is 20.8. The molecule has 0 spiro atoms. The number of non-ortho nitro benzene ring substituents is 1. The van der Waals surface area contributed by atoms with E-state index in [-0.39, 0.29) is 29.1 Å². The van der Waals surface area contributed by atoms with Crippen LogP contribution in [0.25, 0.3) is 21.6 Å². The minimum Gasteiger partial charge on any atom is -0.456 e. The second kappa shape index (κ2) is 13.3. The molecule has 0 radical (unpaired) electrons. The Morgan fingerprint density at radius 3 is 2.63 bits per heavy atom. The van der Waals surface area contributed by atoms with Crippen molar-refractivity contribution in [2.45, 2.75) is 31.4 Å². The van der Waals surface area contributed by atoms with Gasteiger partial charge >= 0.3 is 29.4 Å². The maximum Gasteiger partial charge on any atom is 0.490 e. The zero-order valence-electron chi connectivity index (χ0n) is 22.4. The number of nitrogens with one attached hydrogen (secondary N) is 1. The molecule has 25 nitrogen and oxygen atoms in total. The Labute approximate surface area is 253 Å². The number of esters is 1. The van der Waals surface area contributed by atoms with Crippen molar-refractivity contribution in [1.29, 1.82) is 0 Å². The SMILES string of the molecule is [N-]=[N+]=NCc1ccc([N+](=O)[O-])cc1C(=O)OC1C[C@H](n2cnc3c(=O)[nH]c(N)nc32)O[C@@H]1COP(=O)(O)OP(=O)(O)OP(=O)(O)O. The summed E-state index contributed by atoms with van der Waals surface area (Å²) in [6, 6.07) is 3.04. The molecule has 1 saturated heterocycles. The smallest absolute Gasteiger partial charge is 0.456 e. The van der Waals surface area contributed by atoms with Gasteiger partial charge in [0.1, 0.15) is 18.4 Å². The summed E-state index contributed by atoms with van der Waals surface area (Å²) in [5.74, 6) is -1.51. The van der Waals surface area contributed by atoms with Crippen molar-refractivity contribution < 1.29 is 65.6 Å². The first-order valence-electron chi connectivity index (χ1n) is 12.0. The molecule has 0 aliphatic carbocycles. The first kappa shape index (κ1) is 34.8. The van der Waals surface area contributed by atoms with Gasteiger partial charge < -0.3 is 34.8 Å². The fraction of sp³-hybridized carbons (Fsp3) is 0.333. The highest BCUT2D eigenvalue weighted by Crippen LogP contribution is 2.66. The number of ether oxygens (including phenoxy) is 2. The van der Waals surface area contributed by atoms with E-state index in [2.05, 4.69) is 38.1 Å². The first-order valence-corrected chi connectivity index (χ1v) is 16.6. The molecule has 3 aromatic rings. The average molecular weight is 711 g/mol. The van der Waals surface area contributed by atoms with Gasteiger partial charge in [-0.05, 0) is 11.1 Å². The number of fused-ring (bicyclic) bond motifs is 1. The number of nitro groups is 1. The summed E-state index contributed by atoms with van der Waals surface area (Å²) >= 11 is 0. The highest BCUT2D eigenvalue weighted by molar-refractivity contribution is 7.66. The van der Waals surface area contributed by atoms with E-state index in [4.69, 9.17) is 30.5 Å². The number of anilines is 1. The van der Waals surface area contributed by atoms with Crippen LogP contribution in [0.5, 0.6) is 0 Å². The van der Waals surface area contributed by atoms with Crippen LogP contribution in [-0.4, -0.2) is 68.8 Å². The lowest BCUT2D eigenvalue weighted by molar-refractivity contribution is -0.384. The van der Waals surface area contributed by atoms with Crippen LogP contribution in [0.3, 0.4) is 0 Å². The molecule has 248 valence electrons. The fourth-order valence-electron chi connectivity index (χ4n) is 4.08. The summed E-state index contributed by atoms with van der Waals surface area (Å²) < 4.78 is 59.4. The van der Waals surface area contributed by atoms with Gasteiger partial charge in [-0.3, -0.25) is 29.0 Å². The largest absolute Gasteiger partial charge is 0.490 e. The Bertz CT molecular complexity index is 1940. The zero-order valence-corrected chi connectivity index (χ0v) is 25.1. The summed E-state index contributed by atoms with van der Waals surface area (Å²) in [6.07, 6.45) is -3.42. The molecule has 0 amide bonds. The number of imidazole rings is 1. The van der Waals surface area contributed by atoms with Crippen LogP contribution in [0.2, 0.25) is 0 Å². The number of hydrogen-bond acceptors (Lipinski definition) is 16. The van der Waals surface area contributed by atoms with Crippen LogP contribution < -0.4 is 11.3 Å². The van der Waals surface area contributed by atoms with E-state index in [1.165, 1.54) is 4.57 Å². The van der Waals surface area contributed by atoms with Crippen molar-refractivity contribution in [1.82, 2.24) is 19.5 Å². The maximum absolute atomic E-state index is 13.3. The monoisotopic (exact) mass is 711 g/mol. The summed E-state index contributed by atoms with van der Waals surface area (Å²) in [5, 5.41) is 14.6. The lowest BCUT2D eigenvalue weighted by Crippen LogP contribution is -2.31. The molecule has 5 atom stereocenters. The minimum absolute atomic E-state index is 0.0215. The number of nitrogens with zero attached hydrogens (tertiary/aromatic N) is 7. The van der Waals surface area contributed by atoms with Gasteiger partial charge in [-0.15, -0.1) is 0 Å². The number of benzene rings is 1. The zero-order chi connectivity index (χ0) is 34.0. The summed E-state index contributed by atoms with van der Waals surface area (Å²) in [7, 11) is -17.2. The molecule has 3 unspecified atom stereocenters. The minimum atomic E-state index is -5.87. The first-order chi connectivity index (χ1) is 21.4. The molecule has 3 heterocycles. The summed E-state index contributed by atoms with van der Waals surface area (Å²) in [6.45, 7) is -1.48. The van der Waals surface area contributed by atoms with Gasteiger partial charge in [0.15, 0.2) is 11.2 Å². The van der Waals surface area contributed by atoms with Crippen LogP contribution in [-0.2, 0) is 42.9 Å². The molecule has 7 N–H and O–H groups in total. The molecule has 46 heavy (non-hydrogen) atoms. The predicted octanol–water partition coefficient (Wildman–Crippen LogP) is 1.28. The number of H-pyrrole nitrogens is 1. The van der Waals surface area contributed by atoms with Crippen molar-refractivity contribution in [2.75, 3.05) is 12.3 Å². The van der Waals surface area contributed by atoms with Gasteiger partial charge in [0.25, 0.3) is 11.2 Å². The molecule has 28 heteroatoms. The van der Waals surface area contributed by atoms with Gasteiger partial charge in [0.2, 0.25) is 5.95 Å². The molecule has 0 bridgehead atoms. The van der Waals surface area contributed by atoms with Crippen molar-refractivity contribution in [3.05, 3.63) is 66.6 Å². The summed E-state index contributed by atoms with van der Waals surface area (Å²) in [4.78, 5) is 85.4. The number of nitrogen functional groups attached to an aromatic ring is 1. The molecular weight excluding hydrogens is 691 g/mol. The maximum atomic E-state index is 13.3. The highest BCUT2D eigenvalue weighted by Gasteiger charge is 2.44. The number of phosphoric acid groups is 3. The van der Waals surface area contributed by atoms with E-state index in [0.29, 0.717) is 0 Å². The molecule has 1 aliphatic rings. The number of carbonyl (C=O) groups excluding carboxylic acids is 1. The van der Waals surface area contributed by atoms with Crippen molar-refractivity contribution in [3.63, 3.8) is 0 Å². The molecule has 1 aromatic carbocycles. The standard InChI is InChI=1S/C18H20N9O16P3/c19-18-23-15-14(16(28)24-18)21-7-26(15)13-4-11(12(40-13)6-39-45(35,36)43-46(37,38)42-44(32,33)34)41-17(29)10-3-9(27(30)31)2-1-8(10)5-22-25-20/h1-3,7,11-13H,4-6H2,(H,35,36)(H,37,38)(H2,32,33,34)(H3,19,23,24,28)/t11?,12-,13-/m1/s1. The van der Waals surface area contributed by atoms with Gasteiger partial charge in [0.05, 0.1) is 30.0 Å². The molecule has 2 aromatic heterocycles. The average Bonchev–Trinajstić information content (AvgIpc) is 3.52. The number of nitro benzene ring substituents is 1. The third kappa shape index (κ3) is 8.59. The molecule has 0 saturated carbocycles. The van der Waals surface area contributed by atoms with Crippen molar-refractivity contribution >= 4 is 52.2 Å². The number of rotatable bonds is 13. The topological polar surface area (TPSA) is 377 Å².